The maximum atomic E-state index is 4.68. The fourth-order valence-electron chi connectivity index (χ4n) is 2.24. The summed E-state index contributed by atoms with van der Waals surface area (Å²) in [5.74, 6) is 0.905. The lowest BCUT2D eigenvalue weighted by Crippen LogP contribution is -2.44. The van der Waals surface area contributed by atoms with Gasteiger partial charge >= 0.3 is 0 Å². The Morgan fingerprint density at radius 3 is 2.22 bits per heavy atom. The number of hydrogen-bond donors (Lipinski definition) is 2. The Hall–Kier alpha value is -1.20. The van der Waals surface area contributed by atoms with Crippen LogP contribution >= 0.6 is 0 Å². The van der Waals surface area contributed by atoms with Gasteiger partial charge < -0.3 is 15.5 Å². The Balaban J connectivity index is 0.000000609. The van der Waals surface area contributed by atoms with Gasteiger partial charge in [0.05, 0.1) is 5.69 Å². The third-order valence-corrected chi connectivity index (χ3v) is 3.20. The SMILES string of the molecule is CC.CC.CCC.c1nc(N2CCNCC2)nc2c1CNCC2. The van der Waals surface area contributed by atoms with Crippen molar-refractivity contribution in [1.29, 1.82) is 0 Å². The van der Waals surface area contributed by atoms with E-state index in [0.717, 1.165) is 51.6 Å². The standard InChI is InChI=1S/C11H17N5.C3H8.2C2H6/c1-2-13-7-9-8-14-11(15-10(1)9)16-5-3-12-4-6-16;1-3-2;2*1-2/h8,12-13H,1-7H2;3H2,1-2H3;2*1-2H3. The number of nitrogens with one attached hydrogen (secondary N) is 2. The van der Waals surface area contributed by atoms with Crippen molar-refractivity contribution in [2.24, 2.45) is 0 Å². The molecule has 0 amide bonds. The Kier molecular flexibility index (Phi) is 13.6. The van der Waals surface area contributed by atoms with Gasteiger partial charge in [0.1, 0.15) is 0 Å². The molecule has 3 heterocycles. The van der Waals surface area contributed by atoms with Crippen LogP contribution in [0.5, 0.6) is 0 Å². The minimum Gasteiger partial charge on any atom is -0.338 e. The summed E-state index contributed by atoms with van der Waals surface area (Å²) in [4.78, 5) is 11.4. The van der Waals surface area contributed by atoms with E-state index in [9.17, 15) is 0 Å². The molecule has 0 aromatic carbocycles. The molecule has 2 N–H and O–H groups in total. The maximum absolute atomic E-state index is 4.68. The van der Waals surface area contributed by atoms with Gasteiger partial charge in [0, 0.05) is 57.4 Å². The van der Waals surface area contributed by atoms with Crippen LogP contribution in [0.3, 0.4) is 0 Å². The Labute approximate surface area is 143 Å². The van der Waals surface area contributed by atoms with E-state index in [1.807, 2.05) is 33.9 Å². The van der Waals surface area contributed by atoms with Crippen LogP contribution in [0.25, 0.3) is 0 Å². The van der Waals surface area contributed by atoms with E-state index in [-0.39, 0.29) is 0 Å². The van der Waals surface area contributed by atoms with Gasteiger partial charge in [-0.3, -0.25) is 0 Å². The maximum Gasteiger partial charge on any atom is 0.225 e. The van der Waals surface area contributed by atoms with Crippen molar-refractivity contribution in [3.8, 4) is 0 Å². The first-order valence-corrected chi connectivity index (χ1v) is 9.36. The molecule has 5 heteroatoms. The molecule has 5 nitrogen and oxygen atoms in total. The lowest BCUT2D eigenvalue weighted by molar-refractivity contribution is 0.573. The number of aromatic nitrogens is 2. The molecule has 1 fully saturated rings. The average Bonchev–Trinajstić information content (AvgIpc) is 2.66. The summed E-state index contributed by atoms with van der Waals surface area (Å²) in [7, 11) is 0. The molecule has 2 aliphatic heterocycles. The number of fused-ring (bicyclic) bond motifs is 1. The third-order valence-electron chi connectivity index (χ3n) is 3.20. The van der Waals surface area contributed by atoms with Crippen molar-refractivity contribution < 1.29 is 0 Å². The first-order valence-electron chi connectivity index (χ1n) is 9.36. The van der Waals surface area contributed by atoms with Crippen molar-refractivity contribution >= 4 is 5.95 Å². The largest absolute Gasteiger partial charge is 0.338 e. The lowest BCUT2D eigenvalue weighted by Gasteiger charge is -2.28. The van der Waals surface area contributed by atoms with Crippen molar-refractivity contribution in [3.05, 3.63) is 17.5 Å². The van der Waals surface area contributed by atoms with Crippen LogP contribution in [0.15, 0.2) is 6.20 Å². The summed E-state index contributed by atoms with van der Waals surface area (Å²) in [6.45, 7) is 18.3. The lowest BCUT2D eigenvalue weighted by atomic mass is 10.1. The minimum absolute atomic E-state index is 0.905. The van der Waals surface area contributed by atoms with Crippen LogP contribution in [0.4, 0.5) is 5.95 Å². The molecule has 0 aliphatic carbocycles. The van der Waals surface area contributed by atoms with Crippen LogP contribution in [-0.4, -0.2) is 42.7 Å². The third kappa shape index (κ3) is 7.75. The number of hydrogen-bond acceptors (Lipinski definition) is 5. The van der Waals surface area contributed by atoms with Crippen LogP contribution in [0.1, 0.15) is 59.2 Å². The Morgan fingerprint density at radius 1 is 1.00 bits per heavy atom. The van der Waals surface area contributed by atoms with Gasteiger partial charge in [0.25, 0.3) is 0 Å². The van der Waals surface area contributed by atoms with E-state index >= 15 is 0 Å². The molecule has 0 atom stereocenters. The van der Waals surface area contributed by atoms with Gasteiger partial charge in [-0.1, -0.05) is 48.0 Å². The van der Waals surface area contributed by atoms with Gasteiger partial charge in [-0.2, -0.15) is 0 Å². The number of nitrogens with zero attached hydrogens (tertiary/aromatic N) is 3. The second-order valence-electron chi connectivity index (χ2n) is 5.01. The summed E-state index contributed by atoms with van der Waals surface area (Å²) >= 11 is 0. The molecule has 134 valence electrons. The molecule has 1 saturated heterocycles. The highest BCUT2D eigenvalue weighted by Crippen LogP contribution is 2.15. The highest BCUT2D eigenvalue weighted by Gasteiger charge is 2.16. The van der Waals surface area contributed by atoms with Gasteiger partial charge in [-0.25, -0.2) is 9.97 Å². The summed E-state index contributed by atoms with van der Waals surface area (Å²) in [5.41, 5.74) is 2.48. The summed E-state index contributed by atoms with van der Waals surface area (Å²) in [6, 6.07) is 0. The fourth-order valence-corrected chi connectivity index (χ4v) is 2.24. The zero-order valence-corrected chi connectivity index (χ0v) is 16.1. The highest BCUT2D eigenvalue weighted by atomic mass is 15.3. The summed E-state index contributed by atoms with van der Waals surface area (Å²) in [6.07, 6.45) is 4.25. The molecule has 0 spiro atoms. The van der Waals surface area contributed by atoms with E-state index in [2.05, 4.69) is 39.3 Å². The molecule has 0 saturated carbocycles. The predicted octanol–water partition coefficient (Wildman–Crippen LogP) is 3.00. The van der Waals surface area contributed by atoms with E-state index < -0.39 is 0 Å². The van der Waals surface area contributed by atoms with Crippen molar-refractivity contribution in [2.45, 2.75) is 60.9 Å². The zero-order valence-electron chi connectivity index (χ0n) is 16.1. The van der Waals surface area contributed by atoms with Gasteiger partial charge in [-0.15, -0.1) is 0 Å². The molecular weight excluding hydrogens is 286 g/mol. The first kappa shape index (κ1) is 21.8. The average molecular weight is 324 g/mol. The molecule has 1 aromatic rings. The van der Waals surface area contributed by atoms with Gasteiger partial charge in [0.2, 0.25) is 5.95 Å². The smallest absolute Gasteiger partial charge is 0.225 e. The number of piperazine rings is 1. The fraction of sp³-hybridized carbons (Fsp3) is 0.778. The van der Waals surface area contributed by atoms with Crippen molar-refractivity contribution in [3.63, 3.8) is 0 Å². The Bertz CT molecular complexity index is 389. The van der Waals surface area contributed by atoms with Crippen LogP contribution in [-0.2, 0) is 13.0 Å². The monoisotopic (exact) mass is 323 g/mol. The molecule has 1 aromatic heterocycles. The first-order chi connectivity index (χ1) is 11.3. The number of rotatable bonds is 1. The van der Waals surface area contributed by atoms with E-state index in [1.165, 1.54) is 17.7 Å². The van der Waals surface area contributed by atoms with Gasteiger partial charge in [-0.05, 0) is 0 Å². The summed E-state index contributed by atoms with van der Waals surface area (Å²) < 4.78 is 0. The van der Waals surface area contributed by atoms with Crippen LogP contribution in [0, 0.1) is 0 Å². The quantitative estimate of drug-likeness (QED) is 0.832. The molecule has 23 heavy (non-hydrogen) atoms. The van der Waals surface area contributed by atoms with Gasteiger partial charge in [0.15, 0.2) is 0 Å². The van der Waals surface area contributed by atoms with E-state index in [1.54, 1.807) is 0 Å². The highest BCUT2D eigenvalue weighted by molar-refractivity contribution is 5.34. The predicted molar refractivity (Wildman–Crippen MR) is 101 cm³/mol. The zero-order chi connectivity index (χ0) is 17.5. The second kappa shape index (κ2) is 14.4. The molecule has 0 bridgehead atoms. The minimum atomic E-state index is 0.905. The van der Waals surface area contributed by atoms with Crippen LogP contribution < -0.4 is 15.5 Å². The second-order valence-corrected chi connectivity index (χ2v) is 5.01. The molecule has 2 aliphatic rings. The molecule has 0 unspecified atom stereocenters. The van der Waals surface area contributed by atoms with Crippen molar-refractivity contribution in [1.82, 2.24) is 20.6 Å². The van der Waals surface area contributed by atoms with Crippen LogP contribution in [0.2, 0.25) is 0 Å². The Morgan fingerprint density at radius 2 is 1.61 bits per heavy atom. The molecule has 3 rings (SSSR count). The normalized spacial score (nSPS) is 15.7. The number of anilines is 1. The molecule has 0 radical (unpaired) electrons. The summed E-state index contributed by atoms with van der Waals surface area (Å²) in [5, 5.41) is 6.68. The topological polar surface area (TPSA) is 53.1 Å². The van der Waals surface area contributed by atoms with E-state index in [0.29, 0.717) is 0 Å². The van der Waals surface area contributed by atoms with E-state index in [4.69, 9.17) is 0 Å². The molecular formula is C18H37N5. The van der Waals surface area contributed by atoms with Crippen molar-refractivity contribution in [2.75, 3.05) is 37.6 Å².